The van der Waals surface area contributed by atoms with Gasteiger partial charge in [0.15, 0.2) is 0 Å². The van der Waals surface area contributed by atoms with Crippen LogP contribution in [0.4, 0.5) is 11.4 Å². The lowest BCUT2D eigenvalue weighted by atomic mass is 10.2. The molecule has 0 radical (unpaired) electrons. The lowest BCUT2D eigenvalue weighted by Crippen LogP contribution is -2.32. The first kappa shape index (κ1) is 15.4. The third-order valence-electron chi connectivity index (χ3n) is 3.55. The lowest BCUT2D eigenvalue weighted by molar-refractivity contribution is -0.125. The third kappa shape index (κ3) is 3.97. The monoisotopic (exact) mass is 289 g/mol. The Morgan fingerprint density at radius 3 is 2.19 bits per heavy atom. The molecule has 0 saturated heterocycles. The molecule has 1 fully saturated rings. The number of carbonyl (C=O) groups excluding carboxylic acids is 2. The van der Waals surface area contributed by atoms with Crippen molar-refractivity contribution in [2.24, 2.45) is 11.8 Å². The molecule has 2 atom stereocenters. The average molecular weight is 289 g/mol. The molecule has 0 spiro atoms. The van der Waals surface area contributed by atoms with Crippen LogP contribution in [0, 0.1) is 11.8 Å². The number of amides is 2. The highest BCUT2D eigenvalue weighted by atomic mass is 16.2. The van der Waals surface area contributed by atoms with Gasteiger partial charge in [0.25, 0.3) is 0 Å². The molecule has 2 unspecified atom stereocenters. The Balaban J connectivity index is 1.87. The van der Waals surface area contributed by atoms with E-state index in [2.05, 4.69) is 10.6 Å². The predicted molar refractivity (Wildman–Crippen MR) is 84.3 cm³/mol. The van der Waals surface area contributed by atoms with Crippen molar-refractivity contribution in [2.75, 3.05) is 24.3 Å². The number of nitrogens with one attached hydrogen (secondary N) is 2. The van der Waals surface area contributed by atoms with Crippen molar-refractivity contribution in [3.63, 3.8) is 0 Å². The maximum Gasteiger partial charge on any atom is 0.228 e. The third-order valence-corrected chi connectivity index (χ3v) is 3.55. The van der Waals surface area contributed by atoms with Gasteiger partial charge >= 0.3 is 0 Å². The lowest BCUT2D eigenvalue weighted by Gasteiger charge is -2.13. The summed E-state index contributed by atoms with van der Waals surface area (Å²) in [6.45, 7) is 3.84. The second kappa shape index (κ2) is 6.16. The molecule has 0 aliphatic heterocycles. The van der Waals surface area contributed by atoms with Gasteiger partial charge in [-0.25, -0.2) is 0 Å². The molecule has 0 bridgehead atoms. The summed E-state index contributed by atoms with van der Waals surface area (Å²) in [5.41, 5.74) is 1.84. The van der Waals surface area contributed by atoms with Crippen molar-refractivity contribution in [1.29, 1.82) is 0 Å². The molecule has 2 rings (SSSR count). The molecular weight excluding hydrogens is 266 g/mol. The number of benzene rings is 1. The Labute approximate surface area is 125 Å². The fourth-order valence-corrected chi connectivity index (χ4v) is 2.24. The van der Waals surface area contributed by atoms with Gasteiger partial charge in [0.2, 0.25) is 11.8 Å². The van der Waals surface area contributed by atoms with Crippen molar-refractivity contribution < 1.29 is 9.59 Å². The van der Waals surface area contributed by atoms with E-state index in [9.17, 15) is 9.59 Å². The van der Waals surface area contributed by atoms with Crippen LogP contribution in [0.25, 0.3) is 0 Å². The minimum Gasteiger partial charge on any atom is -0.378 e. The molecule has 2 N–H and O–H groups in total. The molecule has 2 amide bonds. The minimum atomic E-state index is -0.197. The van der Waals surface area contributed by atoms with Crippen LogP contribution in [-0.2, 0) is 9.59 Å². The maximum atomic E-state index is 12.1. The van der Waals surface area contributed by atoms with Gasteiger partial charge in [0, 0.05) is 31.5 Å². The van der Waals surface area contributed by atoms with Crippen LogP contribution in [0.2, 0.25) is 0 Å². The number of hydrogen-bond donors (Lipinski definition) is 2. The van der Waals surface area contributed by atoms with Gasteiger partial charge in [-0.1, -0.05) is 0 Å². The summed E-state index contributed by atoms with van der Waals surface area (Å²) in [4.78, 5) is 25.9. The molecule has 114 valence electrons. The molecule has 1 aliphatic carbocycles. The van der Waals surface area contributed by atoms with Gasteiger partial charge in [0.1, 0.15) is 0 Å². The smallest absolute Gasteiger partial charge is 0.228 e. The zero-order valence-corrected chi connectivity index (χ0v) is 13.0. The summed E-state index contributed by atoms with van der Waals surface area (Å²) >= 11 is 0. The predicted octanol–water partition coefficient (Wildman–Crippen LogP) is 1.85. The fraction of sp³-hybridized carbons (Fsp3) is 0.500. The van der Waals surface area contributed by atoms with Crippen molar-refractivity contribution in [3.8, 4) is 0 Å². The van der Waals surface area contributed by atoms with Gasteiger partial charge in [-0.2, -0.15) is 0 Å². The van der Waals surface area contributed by atoms with E-state index in [1.54, 1.807) is 0 Å². The van der Waals surface area contributed by atoms with Gasteiger partial charge < -0.3 is 15.5 Å². The van der Waals surface area contributed by atoms with Gasteiger partial charge in [-0.3, -0.25) is 9.59 Å². The largest absolute Gasteiger partial charge is 0.378 e. The summed E-state index contributed by atoms with van der Waals surface area (Å²) in [5.74, 6) is -0.463. The molecule has 5 nitrogen and oxygen atoms in total. The molecule has 5 heteroatoms. The van der Waals surface area contributed by atoms with Crippen LogP contribution in [-0.4, -0.2) is 32.0 Å². The van der Waals surface area contributed by atoms with Crippen molar-refractivity contribution >= 4 is 23.2 Å². The van der Waals surface area contributed by atoms with E-state index >= 15 is 0 Å². The summed E-state index contributed by atoms with van der Waals surface area (Å²) in [6.07, 6.45) is 0.639. The van der Waals surface area contributed by atoms with Crippen LogP contribution < -0.4 is 15.5 Å². The number of nitrogens with zero attached hydrogens (tertiary/aromatic N) is 1. The van der Waals surface area contributed by atoms with Crippen molar-refractivity contribution in [1.82, 2.24) is 5.32 Å². The summed E-state index contributed by atoms with van der Waals surface area (Å²) in [5, 5.41) is 5.72. The second-order valence-corrected chi connectivity index (χ2v) is 6.04. The van der Waals surface area contributed by atoms with E-state index in [1.165, 1.54) is 0 Å². The molecular formula is C16H23N3O2. The number of rotatable bonds is 5. The Morgan fingerprint density at radius 1 is 1.10 bits per heavy atom. The topological polar surface area (TPSA) is 61.4 Å². The first-order valence-corrected chi connectivity index (χ1v) is 7.27. The first-order valence-electron chi connectivity index (χ1n) is 7.27. The number of hydrogen-bond acceptors (Lipinski definition) is 3. The van der Waals surface area contributed by atoms with Crippen LogP contribution >= 0.6 is 0 Å². The fourth-order valence-electron chi connectivity index (χ4n) is 2.24. The van der Waals surface area contributed by atoms with Crippen LogP contribution in [0.5, 0.6) is 0 Å². The first-order chi connectivity index (χ1) is 9.88. The zero-order chi connectivity index (χ0) is 15.6. The van der Waals surface area contributed by atoms with Crippen molar-refractivity contribution in [2.45, 2.75) is 26.3 Å². The number of anilines is 2. The van der Waals surface area contributed by atoms with E-state index in [1.807, 2.05) is 57.1 Å². The minimum absolute atomic E-state index is 0.0203. The van der Waals surface area contributed by atoms with Crippen LogP contribution in [0.3, 0.4) is 0 Å². The molecule has 21 heavy (non-hydrogen) atoms. The highest BCUT2D eigenvalue weighted by Crippen LogP contribution is 2.39. The van der Waals surface area contributed by atoms with Gasteiger partial charge in [0.05, 0.1) is 11.8 Å². The van der Waals surface area contributed by atoms with Crippen LogP contribution in [0.1, 0.15) is 20.3 Å². The molecule has 1 aromatic rings. The van der Waals surface area contributed by atoms with Crippen molar-refractivity contribution in [3.05, 3.63) is 24.3 Å². The second-order valence-electron chi connectivity index (χ2n) is 6.04. The van der Waals surface area contributed by atoms with Crippen LogP contribution in [0.15, 0.2) is 24.3 Å². The average Bonchev–Trinajstić information content (AvgIpc) is 3.18. The Hall–Kier alpha value is -2.04. The van der Waals surface area contributed by atoms with E-state index in [0.29, 0.717) is 6.42 Å². The van der Waals surface area contributed by atoms with E-state index in [0.717, 1.165) is 11.4 Å². The summed E-state index contributed by atoms with van der Waals surface area (Å²) in [6, 6.07) is 7.76. The quantitative estimate of drug-likeness (QED) is 0.869. The van der Waals surface area contributed by atoms with E-state index in [-0.39, 0.29) is 29.7 Å². The van der Waals surface area contributed by atoms with Gasteiger partial charge in [-0.05, 0) is 44.5 Å². The molecule has 0 heterocycles. The van der Waals surface area contributed by atoms with Gasteiger partial charge in [-0.15, -0.1) is 0 Å². The van der Waals surface area contributed by atoms with E-state index < -0.39 is 0 Å². The Kier molecular flexibility index (Phi) is 4.50. The Morgan fingerprint density at radius 2 is 1.67 bits per heavy atom. The maximum absolute atomic E-state index is 12.1. The summed E-state index contributed by atoms with van der Waals surface area (Å²) < 4.78 is 0. The highest BCUT2D eigenvalue weighted by Gasteiger charge is 2.48. The molecule has 0 aromatic heterocycles. The zero-order valence-electron chi connectivity index (χ0n) is 13.0. The molecule has 1 aromatic carbocycles. The molecule has 1 aliphatic rings. The SMILES string of the molecule is CC(C)NC(=O)C1CC1C(=O)Nc1ccc(N(C)C)cc1. The normalized spacial score (nSPS) is 20.0. The van der Waals surface area contributed by atoms with E-state index in [4.69, 9.17) is 0 Å². The Bertz CT molecular complexity index is 523. The number of carbonyl (C=O) groups is 2. The standard InChI is InChI=1S/C16H23N3O2/c1-10(2)17-15(20)13-9-14(13)16(21)18-11-5-7-12(8-6-11)19(3)4/h5-8,10,13-14H,9H2,1-4H3,(H,17,20)(H,18,21). The highest BCUT2D eigenvalue weighted by molar-refractivity contribution is 5.99. The molecule has 1 saturated carbocycles. The summed E-state index contributed by atoms with van der Waals surface area (Å²) in [7, 11) is 3.94.